The topological polar surface area (TPSA) is 91.3 Å². The highest BCUT2D eigenvalue weighted by Crippen LogP contribution is 2.39. The maximum atomic E-state index is 13.3. The van der Waals surface area contributed by atoms with E-state index in [1.54, 1.807) is 36.4 Å². The number of halogens is 6. The number of rotatable bonds is 9. The van der Waals surface area contributed by atoms with Crippen molar-refractivity contribution in [2.45, 2.75) is 19.1 Å². The molecule has 0 atom stereocenters. The van der Waals surface area contributed by atoms with E-state index in [-0.39, 0.29) is 29.2 Å². The van der Waals surface area contributed by atoms with Gasteiger partial charge in [-0.05, 0) is 59.2 Å². The summed E-state index contributed by atoms with van der Waals surface area (Å²) in [6, 6.07) is 17.2. The summed E-state index contributed by atoms with van der Waals surface area (Å²) in [6.07, 6.45) is -3.27. The molecular formula is C29H21Cl3F3N3O3. The quantitative estimate of drug-likeness (QED) is 0.175. The van der Waals surface area contributed by atoms with E-state index >= 15 is 0 Å². The van der Waals surface area contributed by atoms with Crippen molar-refractivity contribution in [3.8, 4) is 22.3 Å². The van der Waals surface area contributed by atoms with Crippen LogP contribution >= 0.6 is 34.8 Å². The number of pyridine rings is 1. The molecule has 0 aliphatic rings. The molecule has 0 spiro atoms. The van der Waals surface area contributed by atoms with Crippen LogP contribution in [0.2, 0.25) is 15.1 Å². The zero-order chi connectivity index (χ0) is 29.7. The van der Waals surface area contributed by atoms with Crippen LogP contribution in [0, 0.1) is 0 Å². The van der Waals surface area contributed by atoms with Crippen molar-refractivity contribution >= 4 is 52.4 Å². The van der Waals surface area contributed by atoms with Gasteiger partial charge in [-0.2, -0.15) is 13.2 Å². The number of nitrogens with zero attached hydrogens (tertiary/aromatic N) is 1. The summed E-state index contributed by atoms with van der Waals surface area (Å²) >= 11 is 18.4. The molecule has 12 heteroatoms. The molecule has 3 aromatic carbocycles. The Morgan fingerprint density at radius 3 is 2.27 bits per heavy atom. The zero-order valence-corrected chi connectivity index (χ0v) is 23.3. The summed E-state index contributed by atoms with van der Waals surface area (Å²) < 4.78 is 39.9. The lowest BCUT2D eigenvalue weighted by atomic mass is 10.00. The number of hydrogen-bond donors (Lipinski definition) is 3. The van der Waals surface area contributed by atoms with Gasteiger partial charge in [-0.1, -0.05) is 59.1 Å². The molecule has 41 heavy (non-hydrogen) atoms. The lowest BCUT2D eigenvalue weighted by Gasteiger charge is -2.15. The molecule has 212 valence electrons. The van der Waals surface area contributed by atoms with Gasteiger partial charge in [-0.3, -0.25) is 14.6 Å². The van der Waals surface area contributed by atoms with Gasteiger partial charge >= 0.3 is 12.1 Å². The first-order valence-corrected chi connectivity index (χ1v) is 13.2. The van der Waals surface area contributed by atoms with Crippen LogP contribution in [0.15, 0.2) is 72.9 Å². The van der Waals surface area contributed by atoms with Gasteiger partial charge < -0.3 is 15.7 Å². The highest BCUT2D eigenvalue weighted by Gasteiger charge is 2.33. The largest absolute Gasteiger partial charge is 0.481 e. The molecule has 4 aromatic rings. The van der Waals surface area contributed by atoms with Gasteiger partial charge in [0, 0.05) is 41.1 Å². The maximum absolute atomic E-state index is 13.3. The number of carbonyl (C=O) groups is 2. The van der Waals surface area contributed by atoms with E-state index in [0.717, 1.165) is 17.2 Å². The molecule has 4 rings (SSSR count). The Hall–Kier alpha value is -3.79. The SMILES string of the molecule is O=C(O)CCNC(=O)c1ccc(-c2cc(Cl)ccc2CNc2ccc(-c3ccc(Cl)c(C(F)(F)F)c3)c(Cl)c2)cn1. The fourth-order valence-electron chi connectivity index (χ4n) is 4.00. The molecule has 0 aliphatic heterocycles. The van der Waals surface area contributed by atoms with Crippen LogP contribution in [-0.2, 0) is 17.5 Å². The van der Waals surface area contributed by atoms with Crippen LogP contribution in [0.25, 0.3) is 22.3 Å². The zero-order valence-electron chi connectivity index (χ0n) is 21.0. The molecule has 0 saturated carbocycles. The third-order valence-corrected chi connectivity index (χ3v) is 6.92. The Bertz CT molecular complexity index is 1600. The van der Waals surface area contributed by atoms with E-state index in [4.69, 9.17) is 39.9 Å². The van der Waals surface area contributed by atoms with Crippen LogP contribution in [0.4, 0.5) is 18.9 Å². The molecule has 1 aromatic heterocycles. The van der Waals surface area contributed by atoms with Crippen LogP contribution in [-0.4, -0.2) is 28.5 Å². The Balaban J connectivity index is 1.50. The smallest absolute Gasteiger partial charge is 0.417 e. The predicted octanol–water partition coefficient (Wildman–Crippen LogP) is 8.21. The van der Waals surface area contributed by atoms with Crippen LogP contribution in [0.5, 0.6) is 0 Å². The summed E-state index contributed by atoms with van der Waals surface area (Å²) in [5, 5.41) is 14.8. The number of benzene rings is 3. The summed E-state index contributed by atoms with van der Waals surface area (Å²) in [6.45, 7) is 0.333. The van der Waals surface area contributed by atoms with Gasteiger partial charge in [0.25, 0.3) is 5.91 Å². The highest BCUT2D eigenvalue weighted by molar-refractivity contribution is 6.34. The number of hydrogen-bond acceptors (Lipinski definition) is 4. The molecule has 6 nitrogen and oxygen atoms in total. The van der Waals surface area contributed by atoms with Crippen LogP contribution in [0.1, 0.15) is 28.0 Å². The van der Waals surface area contributed by atoms with Gasteiger partial charge in [-0.15, -0.1) is 0 Å². The van der Waals surface area contributed by atoms with Crippen molar-refractivity contribution in [1.82, 2.24) is 10.3 Å². The predicted molar refractivity (Wildman–Crippen MR) is 153 cm³/mol. The standard InChI is InChI=1S/C29H21Cl3F3N3O3/c30-19-4-1-17(22(12-19)18-3-8-26(38-15-18)28(41)36-10-9-27(39)40)14-37-20-5-6-21(25(32)13-20)16-2-7-24(31)23(11-16)29(33,34)35/h1-8,11-13,15,37H,9-10,14H2,(H,36,41)(H,39,40). The molecule has 0 fully saturated rings. The molecule has 0 unspecified atom stereocenters. The van der Waals surface area contributed by atoms with Gasteiger partial charge in [0.2, 0.25) is 0 Å². The fraction of sp³-hybridized carbons (Fsp3) is 0.138. The third kappa shape index (κ3) is 7.70. The number of anilines is 1. The van der Waals surface area contributed by atoms with E-state index in [0.29, 0.717) is 28.4 Å². The van der Waals surface area contributed by atoms with Gasteiger partial charge in [0.15, 0.2) is 0 Å². The second kappa shape index (κ2) is 12.8. The lowest BCUT2D eigenvalue weighted by molar-refractivity contribution is -0.138. The molecule has 1 heterocycles. The van der Waals surface area contributed by atoms with Crippen molar-refractivity contribution in [2.24, 2.45) is 0 Å². The van der Waals surface area contributed by atoms with Gasteiger partial charge in [-0.25, -0.2) is 0 Å². The number of carbonyl (C=O) groups excluding carboxylic acids is 1. The minimum Gasteiger partial charge on any atom is -0.481 e. The molecule has 1 amide bonds. The number of aliphatic carboxylic acids is 1. The minimum absolute atomic E-state index is 0.0129. The molecule has 0 radical (unpaired) electrons. The van der Waals surface area contributed by atoms with Crippen molar-refractivity contribution < 1.29 is 27.9 Å². The molecule has 3 N–H and O–H groups in total. The number of carboxylic acid groups (broad SMARTS) is 1. The minimum atomic E-state index is -4.60. The van der Waals surface area contributed by atoms with Crippen LogP contribution in [0.3, 0.4) is 0 Å². The summed E-state index contributed by atoms with van der Waals surface area (Å²) in [5.74, 6) is -1.51. The average Bonchev–Trinajstić information content (AvgIpc) is 2.92. The van der Waals surface area contributed by atoms with Gasteiger partial charge in [0.05, 0.1) is 22.0 Å². The number of carboxylic acids is 1. The Kier molecular flexibility index (Phi) is 9.42. The number of nitrogens with one attached hydrogen (secondary N) is 2. The van der Waals surface area contributed by atoms with E-state index in [2.05, 4.69) is 15.6 Å². The second-order valence-corrected chi connectivity index (χ2v) is 10.1. The monoisotopic (exact) mass is 621 g/mol. The van der Waals surface area contributed by atoms with Crippen LogP contribution < -0.4 is 10.6 Å². The second-order valence-electron chi connectivity index (χ2n) is 8.87. The summed E-state index contributed by atoms with van der Waals surface area (Å²) in [5.41, 5.74) is 2.85. The fourth-order valence-corrected chi connectivity index (χ4v) is 4.69. The third-order valence-electron chi connectivity index (χ3n) is 6.04. The van der Waals surface area contributed by atoms with Crippen molar-refractivity contribution in [2.75, 3.05) is 11.9 Å². The van der Waals surface area contributed by atoms with E-state index in [9.17, 15) is 22.8 Å². The van der Waals surface area contributed by atoms with Crippen molar-refractivity contribution in [3.05, 3.63) is 105 Å². The van der Waals surface area contributed by atoms with E-state index in [1.807, 2.05) is 6.07 Å². The molecule has 0 bridgehead atoms. The van der Waals surface area contributed by atoms with E-state index < -0.39 is 28.6 Å². The number of alkyl halides is 3. The van der Waals surface area contributed by atoms with Crippen molar-refractivity contribution in [3.63, 3.8) is 0 Å². The summed E-state index contributed by atoms with van der Waals surface area (Å²) in [7, 11) is 0. The Morgan fingerprint density at radius 2 is 1.61 bits per heavy atom. The average molecular weight is 623 g/mol. The first kappa shape index (κ1) is 30.2. The maximum Gasteiger partial charge on any atom is 0.417 e. The molecule has 0 saturated heterocycles. The van der Waals surface area contributed by atoms with Gasteiger partial charge in [0.1, 0.15) is 5.69 Å². The summed E-state index contributed by atoms with van der Waals surface area (Å²) in [4.78, 5) is 27.0. The molecular weight excluding hydrogens is 602 g/mol. The number of amides is 1. The first-order chi connectivity index (χ1) is 19.4. The molecule has 0 aliphatic carbocycles. The van der Waals surface area contributed by atoms with E-state index in [1.165, 1.54) is 24.4 Å². The normalized spacial score (nSPS) is 11.3. The Labute approximate surface area is 248 Å². The highest BCUT2D eigenvalue weighted by atomic mass is 35.5. The number of aromatic nitrogens is 1. The van der Waals surface area contributed by atoms with Crippen molar-refractivity contribution in [1.29, 1.82) is 0 Å². The Morgan fingerprint density at radius 1 is 0.854 bits per heavy atom. The first-order valence-electron chi connectivity index (χ1n) is 12.1. The lowest BCUT2D eigenvalue weighted by Crippen LogP contribution is -2.26.